The first-order valence-electron chi connectivity index (χ1n) is 10.4. The molecule has 0 bridgehead atoms. The summed E-state index contributed by atoms with van der Waals surface area (Å²) in [5.41, 5.74) is 1.81. The van der Waals surface area contributed by atoms with Crippen LogP contribution in [0.15, 0.2) is 97.1 Å². The van der Waals surface area contributed by atoms with Crippen molar-refractivity contribution in [3.63, 3.8) is 0 Å². The predicted octanol–water partition coefficient (Wildman–Crippen LogP) is 6.21. The molecule has 0 heterocycles. The number of hydrogen-bond acceptors (Lipinski definition) is 3. The summed E-state index contributed by atoms with van der Waals surface area (Å²) in [5.74, 6) is 1.29. The lowest BCUT2D eigenvalue weighted by atomic mass is 10.1. The molecular formula is C27H25NO3. The summed E-state index contributed by atoms with van der Waals surface area (Å²) >= 11 is 0. The number of fused-ring (bicyclic) bond motifs is 1. The van der Waals surface area contributed by atoms with Gasteiger partial charge in [0.05, 0.1) is 0 Å². The highest BCUT2D eigenvalue weighted by Crippen LogP contribution is 2.27. The van der Waals surface area contributed by atoms with Crippen LogP contribution >= 0.6 is 0 Å². The molecule has 0 aliphatic heterocycles. The molecule has 0 aliphatic rings. The van der Waals surface area contributed by atoms with Crippen molar-refractivity contribution in [2.24, 2.45) is 0 Å². The van der Waals surface area contributed by atoms with Crippen LogP contribution in [0, 0.1) is 0 Å². The van der Waals surface area contributed by atoms with Crippen LogP contribution in [0.2, 0.25) is 0 Å². The van der Waals surface area contributed by atoms with Crippen molar-refractivity contribution in [3.8, 4) is 11.5 Å². The molecule has 0 spiro atoms. The van der Waals surface area contributed by atoms with Crippen LogP contribution in [-0.2, 0) is 11.4 Å². The maximum atomic E-state index is 12.8. The van der Waals surface area contributed by atoms with Crippen molar-refractivity contribution in [2.45, 2.75) is 26.1 Å². The minimum absolute atomic E-state index is 0.173. The van der Waals surface area contributed by atoms with E-state index in [0.29, 0.717) is 24.5 Å². The second kappa shape index (κ2) is 9.81. The Bertz CT molecular complexity index is 1130. The van der Waals surface area contributed by atoms with Gasteiger partial charge < -0.3 is 14.8 Å². The maximum absolute atomic E-state index is 12.8. The van der Waals surface area contributed by atoms with E-state index in [2.05, 4.69) is 5.32 Å². The van der Waals surface area contributed by atoms with Crippen LogP contribution in [-0.4, -0.2) is 12.0 Å². The SMILES string of the molecule is CC[C@H](Oc1cccc2ccccc12)C(=O)Nc1ccc(OCc2ccccc2)cc1. The summed E-state index contributed by atoms with van der Waals surface area (Å²) in [6, 6.07) is 31.2. The first-order valence-corrected chi connectivity index (χ1v) is 10.4. The zero-order valence-corrected chi connectivity index (χ0v) is 17.5. The molecule has 4 nitrogen and oxygen atoms in total. The Kier molecular flexibility index (Phi) is 6.48. The van der Waals surface area contributed by atoms with Gasteiger partial charge in [-0.25, -0.2) is 0 Å². The van der Waals surface area contributed by atoms with E-state index in [0.717, 1.165) is 22.1 Å². The van der Waals surface area contributed by atoms with E-state index in [1.165, 1.54) is 0 Å². The number of rotatable bonds is 8. The lowest BCUT2D eigenvalue weighted by molar-refractivity contribution is -0.122. The van der Waals surface area contributed by atoms with E-state index in [1.807, 2.05) is 104 Å². The number of hydrogen-bond donors (Lipinski definition) is 1. The summed E-state index contributed by atoms with van der Waals surface area (Å²) in [7, 11) is 0. The van der Waals surface area contributed by atoms with E-state index in [9.17, 15) is 4.79 Å². The third-order valence-corrected chi connectivity index (χ3v) is 5.05. The molecule has 1 atom stereocenters. The van der Waals surface area contributed by atoms with Gasteiger partial charge in [0.1, 0.15) is 18.1 Å². The molecule has 0 aliphatic carbocycles. The van der Waals surface area contributed by atoms with Crippen molar-refractivity contribution in [1.29, 1.82) is 0 Å². The van der Waals surface area contributed by atoms with Gasteiger partial charge in [-0.1, -0.05) is 73.7 Å². The zero-order valence-electron chi connectivity index (χ0n) is 17.5. The molecule has 1 amide bonds. The highest BCUT2D eigenvalue weighted by Gasteiger charge is 2.19. The second-order valence-corrected chi connectivity index (χ2v) is 7.28. The summed E-state index contributed by atoms with van der Waals surface area (Å²) in [5, 5.41) is 5.02. The smallest absolute Gasteiger partial charge is 0.265 e. The van der Waals surface area contributed by atoms with Gasteiger partial charge in [0.15, 0.2) is 6.10 Å². The van der Waals surface area contributed by atoms with Crippen LogP contribution in [0.5, 0.6) is 11.5 Å². The maximum Gasteiger partial charge on any atom is 0.265 e. The van der Waals surface area contributed by atoms with Crippen LogP contribution in [0.25, 0.3) is 10.8 Å². The lowest BCUT2D eigenvalue weighted by Gasteiger charge is -2.18. The van der Waals surface area contributed by atoms with Gasteiger partial charge >= 0.3 is 0 Å². The van der Waals surface area contributed by atoms with E-state index in [1.54, 1.807) is 0 Å². The molecule has 31 heavy (non-hydrogen) atoms. The van der Waals surface area contributed by atoms with E-state index in [4.69, 9.17) is 9.47 Å². The van der Waals surface area contributed by atoms with Gasteiger partial charge in [-0.05, 0) is 47.7 Å². The standard InChI is InChI=1S/C27H25NO3/c1-2-25(31-26-14-8-12-21-11-6-7-13-24(21)26)27(29)28-22-15-17-23(18-16-22)30-19-20-9-4-3-5-10-20/h3-18,25H,2,19H2,1H3,(H,28,29)/t25-/m0/s1. The topological polar surface area (TPSA) is 47.6 Å². The van der Waals surface area contributed by atoms with E-state index in [-0.39, 0.29) is 5.91 Å². The average molecular weight is 412 g/mol. The number of carbonyl (C=O) groups is 1. The minimum atomic E-state index is -0.584. The molecule has 0 fully saturated rings. The number of anilines is 1. The molecule has 0 saturated carbocycles. The molecule has 4 heteroatoms. The quantitative estimate of drug-likeness (QED) is 0.375. The Hall–Kier alpha value is -3.79. The molecule has 0 saturated heterocycles. The third kappa shape index (κ3) is 5.23. The van der Waals surface area contributed by atoms with Gasteiger partial charge in [-0.3, -0.25) is 4.79 Å². The molecule has 0 radical (unpaired) electrons. The first-order chi connectivity index (χ1) is 15.2. The summed E-state index contributed by atoms with van der Waals surface area (Å²) in [6.07, 6.45) is -0.0207. The first kappa shape index (κ1) is 20.5. The third-order valence-electron chi connectivity index (χ3n) is 5.05. The second-order valence-electron chi connectivity index (χ2n) is 7.28. The Morgan fingerprint density at radius 3 is 2.32 bits per heavy atom. The van der Waals surface area contributed by atoms with E-state index < -0.39 is 6.10 Å². The number of carbonyl (C=O) groups excluding carboxylic acids is 1. The predicted molar refractivity (Wildman–Crippen MR) is 125 cm³/mol. The van der Waals surface area contributed by atoms with Crippen molar-refractivity contribution in [1.82, 2.24) is 0 Å². The Morgan fingerprint density at radius 2 is 1.55 bits per heavy atom. The fourth-order valence-corrected chi connectivity index (χ4v) is 3.37. The molecule has 156 valence electrons. The molecular weight excluding hydrogens is 386 g/mol. The fraction of sp³-hybridized carbons (Fsp3) is 0.148. The van der Waals surface area contributed by atoms with Gasteiger partial charge in [0.2, 0.25) is 0 Å². The molecule has 0 unspecified atom stereocenters. The molecule has 4 aromatic carbocycles. The number of benzene rings is 4. The van der Waals surface area contributed by atoms with Crippen LogP contribution in [0.4, 0.5) is 5.69 Å². The highest BCUT2D eigenvalue weighted by atomic mass is 16.5. The fourth-order valence-electron chi connectivity index (χ4n) is 3.37. The average Bonchev–Trinajstić information content (AvgIpc) is 2.82. The van der Waals surface area contributed by atoms with Crippen molar-refractivity contribution in [3.05, 3.63) is 103 Å². The summed E-state index contributed by atoms with van der Waals surface area (Å²) in [6.45, 7) is 2.44. The largest absolute Gasteiger partial charge is 0.489 e. The molecule has 1 N–H and O–H groups in total. The normalized spacial score (nSPS) is 11.6. The zero-order chi connectivity index (χ0) is 21.5. The Balaban J connectivity index is 1.38. The van der Waals surface area contributed by atoms with E-state index >= 15 is 0 Å². The van der Waals surface area contributed by atoms with Crippen LogP contribution in [0.3, 0.4) is 0 Å². The van der Waals surface area contributed by atoms with Gasteiger partial charge in [0.25, 0.3) is 5.91 Å². The van der Waals surface area contributed by atoms with Gasteiger partial charge in [0, 0.05) is 11.1 Å². The number of nitrogens with one attached hydrogen (secondary N) is 1. The van der Waals surface area contributed by atoms with Crippen LogP contribution < -0.4 is 14.8 Å². The summed E-state index contributed by atoms with van der Waals surface area (Å²) in [4.78, 5) is 12.8. The van der Waals surface area contributed by atoms with Gasteiger partial charge in [-0.2, -0.15) is 0 Å². The number of amides is 1. The monoisotopic (exact) mass is 411 g/mol. The highest BCUT2D eigenvalue weighted by molar-refractivity contribution is 5.95. The summed E-state index contributed by atoms with van der Waals surface area (Å²) < 4.78 is 11.9. The van der Waals surface area contributed by atoms with Crippen LogP contribution in [0.1, 0.15) is 18.9 Å². The van der Waals surface area contributed by atoms with Crippen molar-refractivity contribution in [2.75, 3.05) is 5.32 Å². The van der Waals surface area contributed by atoms with Crippen molar-refractivity contribution < 1.29 is 14.3 Å². The Morgan fingerprint density at radius 1 is 0.839 bits per heavy atom. The van der Waals surface area contributed by atoms with Crippen molar-refractivity contribution >= 4 is 22.4 Å². The molecule has 4 rings (SSSR count). The Labute approximate surface area is 182 Å². The number of ether oxygens (including phenoxy) is 2. The van der Waals surface area contributed by atoms with Gasteiger partial charge in [-0.15, -0.1) is 0 Å². The molecule has 4 aromatic rings. The molecule has 0 aromatic heterocycles. The minimum Gasteiger partial charge on any atom is -0.489 e. The lowest BCUT2D eigenvalue weighted by Crippen LogP contribution is -2.32.